The highest BCUT2D eigenvalue weighted by Crippen LogP contribution is 2.22. The van der Waals surface area contributed by atoms with E-state index in [9.17, 15) is 13.2 Å². The Hall–Kier alpha value is -2.41. The fourth-order valence-electron chi connectivity index (χ4n) is 1.57. The molecule has 2 N–H and O–H groups in total. The number of pyridine rings is 1. The number of nitrogens with one attached hydrogen (secondary N) is 2. The molecule has 0 radical (unpaired) electrons. The Balaban J connectivity index is 2.24. The van der Waals surface area contributed by atoms with Crippen molar-refractivity contribution in [3.8, 4) is 0 Å². The van der Waals surface area contributed by atoms with Gasteiger partial charge < -0.3 is 5.32 Å². The van der Waals surface area contributed by atoms with Crippen molar-refractivity contribution in [2.24, 2.45) is 0 Å². The van der Waals surface area contributed by atoms with Gasteiger partial charge in [-0.25, -0.2) is 8.42 Å². The van der Waals surface area contributed by atoms with Gasteiger partial charge in [-0.15, -0.1) is 0 Å². The molecule has 20 heavy (non-hydrogen) atoms. The normalized spacial score (nSPS) is 10.8. The smallest absolute Gasteiger partial charge is 0.257 e. The van der Waals surface area contributed by atoms with Gasteiger partial charge in [0, 0.05) is 12.4 Å². The SMILES string of the molecule is CS(=O)(=O)Nc1ccccc1NC(=O)c1cccnc1. The molecule has 0 unspecified atom stereocenters. The van der Waals surface area contributed by atoms with Crippen LogP contribution >= 0.6 is 0 Å². The van der Waals surface area contributed by atoms with E-state index >= 15 is 0 Å². The second-order valence-corrected chi connectivity index (χ2v) is 5.86. The van der Waals surface area contributed by atoms with Gasteiger partial charge in [0.05, 0.1) is 23.2 Å². The number of nitrogens with zero attached hydrogens (tertiary/aromatic N) is 1. The maximum absolute atomic E-state index is 12.0. The fourth-order valence-corrected chi connectivity index (χ4v) is 2.15. The van der Waals surface area contributed by atoms with Gasteiger partial charge in [-0.3, -0.25) is 14.5 Å². The summed E-state index contributed by atoms with van der Waals surface area (Å²) < 4.78 is 24.9. The van der Waals surface area contributed by atoms with Crippen molar-refractivity contribution in [3.63, 3.8) is 0 Å². The van der Waals surface area contributed by atoms with E-state index in [0.29, 0.717) is 16.9 Å². The van der Waals surface area contributed by atoms with Crippen LogP contribution in [0.2, 0.25) is 0 Å². The lowest BCUT2D eigenvalue weighted by atomic mass is 10.2. The topological polar surface area (TPSA) is 88.2 Å². The Bertz CT molecular complexity index is 715. The first-order chi connectivity index (χ1) is 9.46. The van der Waals surface area contributed by atoms with E-state index in [-0.39, 0.29) is 5.91 Å². The number of hydrogen-bond acceptors (Lipinski definition) is 4. The average molecular weight is 291 g/mol. The van der Waals surface area contributed by atoms with E-state index in [4.69, 9.17) is 0 Å². The maximum atomic E-state index is 12.0. The van der Waals surface area contributed by atoms with Gasteiger partial charge in [0.15, 0.2) is 0 Å². The third-order valence-electron chi connectivity index (χ3n) is 2.39. The molecule has 0 spiro atoms. The molecule has 0 atom stereocenters. The number of aromatic nitrogens is 1. The summed E-state index contributed by atoms with van der Waals surface area (Å²) in [7, 11) is -3.41. The zero-order valence-electron chi connectivity index (χ0n) is 10.7. The molecule has 2 aromatic rings. The van der Waals surface area contributed by atoms with Crippen LogP contribution in [0.1, 0.15) is 10.4 Å². The summed E-state index contributed by atoms with van der Waals surface area (Å²) in [6, 6.07) is 9.83. The Labute approximate surface area is 116 Å². The Morgan fingerprint density at radius 1 is 1.10 bits per heavy atom. The molecule has 0 saturated carbocycles. The summed E-state index contributed by atoms with van der Waals surface area (Å²) in [4.78, 5) is 15.9. The molecule has 0 bridgehead atoms. The highest BCUT2D eigenvalue weighted by molar-refractivity contribution is 7.92. The number of carbonyl (C=O) groups excluding carboxylic acids is 1. The van der Waals surface area contributed by atoms with Crippen molar-refractivity contribution in [1.82, 2.24) is 4.98 Å². The Kier molecular flexibility index (Phi) is 3.99. The van der Waals surface area contributed by atoms with Crippen LogP contribution in [0.5, 0.6) is 0 Å². The van der Waals surface area contributed by atoms with Crippen molar-refractivity contribution in [1.29, 1.82) is 0 Å². The molecule has 104 valence electrons. The molecule has 7 heteroatoms. The van der Waals surface area contributed by atoms with Crippen molar-refractivity contribution in [2.75, 3.05) is 16.3 Å². The molecular formula is C13H13N3O3S. The predicted octanol–water partition coefficient (Wildman–Crippen LogP) is 1.71. The van der Waals surface area contributed by atoms with Crippen molar-refractivity contribution >= 4 is 27.3 Å². The second-order valence-electron chi connectivity index (χ2n) is 4.12. The van der Waals surface area contributed by atoms with Crippen LogP contribution in [0, 0.1) is 0 Å². The number of benzene rings is 1. The number of amides is 1. The van der Waals surface area contributed by atoms with Crippen molar-refractivity contribution in [3.05, 3.63) is 54.4 Å². The van der Waals surface area contributed by atoms with Gasteiger partial charge in [-0.2, -0.15) is 0 Å². The number of carbonyl (C=O) groups is 1. The van der Waals surface area contributed by atoms with Crippen molar-refractivity contribution in [2.45, 2.75) is 0 Å². The van der Waals surface area contributed by atoms with Gasteiger partial charge in [0.2, 0.25) is 10.0 Å². The number of hydrogen-bond donors (Lipinski definition) is 2. The van der Waals surface area contributed by atoms with Gasteiger partial charge in [-0.1, -0.05) is 12.1 Å². The molecular weight excluding hydrogens is 278 g/mol. The summed E-state index contributed by atoms with van der Waals surface area (Å²) in [5.74, 6) is -0.360. The van der Waals surface area contributed by atoms with E-state index in [0.717, 1.165) is 6.26 Å². The molecule has 0 aliphatic carbocycles. The van der Waals surface area contributed by atoms with E-state index < -0.39 is 10.0 Å². The summed E-state index contributed by atoms with van der Waals surface area (Å²) in [5, 5.41) is 2.64. The van der Waals surface area contributed by atoms with E-state index in [1.54, 1.807) is 42.6 Å². The molecule has 1 heterocycles. The minimum Gasteiger partial charge on any atom is -0.320 e. The van der Waals surface area contributed by atoms with Gasteiger partial charge >= 0.3 is 0 Å². The highest BCUT2D eigenvalue weighted by atomic mass is 32.2. The Morgan fingerprint density at radius 2 is 1.80 bits per heavy atom. The Morgan fingerprint density at radius 3 is 2.40 bits per heavy atom. The van der Waals surface area contributed by atoms with Crippen LogP contribution in [-0.4, -0.2) is 25.6 Å². The second kappa shape index (κ2) is 5.70. The summed E-state index contributed by atoms with van der Waals surface area (Å²) in [6.07, 6.45) is 4.05. The third kappa shape index (κ3) is 3.79. The lowest BCUT2D eigenvalue weighted by Gasteiger charge is -2.11. The fraction of sp³-hybridized carbons (Fsp3) is 0.0769. The molecule has 1 aromatic heterocycles. The van der Waals surface area contributed by atoms with E-state index in [1.807, 2.05) is 0 Å². The molecule has 6 nitrogen and oxygen atoms in total. The quantitative estimate of drug-likeness (QED) is 0.897. The monoisotopic (exact) mass is 291 g/mol. The molecule has 0 saturated heterocycles. The molecule has 0 aliphatic rings. The lowest BCUT2D eigenvalue weighted by Crippen LogP contribution is -2.16. The molecule has 1 aromatic carbocycles. The molecule has 0 aliphatic heterocycles. The summed E-state index contributed by atoms with van der Waals surface area (Å²) in [5.41, 5.74) is 1.08. The van der Waals surface area contributed by atoms with Crippen LogP contribution in [0.15, 0.2) is 48.8 Å². The third-order valence-corrected chi connectivity index (χ3v) is 2.99. The summed E-state index contributed by atoms with van der Waals surface area (Å²) in [6.45, 7) is 0. The van der Waals surface area contributed by atoms with Gasteiger partial charge in [0.25, 0.3) is 5.91 Å². The minimum atomic E-state index is -3.41. The zero-order chi connectivity index (χ0) is 14.6. The number of para-hydroxylation sites is 2. The van der Waals surface area contributed by atoms with Crippen molar-refractivity contribution < 1.29 is 13.2 Å². The largest absolute Gasteiger partial charge is 0.320 e. The average Bonchev–Trinajstić information content (AvgIpc) is 2.40. The lowest BCUT2D eigenvalue weighted by molar-refractivity contribution is 0.102. The maximum Gasteiger partial charge on any atom is 0.257 e. The van der Waals surface area contributed by atoms with Crippen LogP contribution in [-0.2, 0) is 10.0 Å². The minimum absolute atomic E-state index is 0.312. The molecule has 2 rings (SSSR count). The van der Waals surface area contributed by atoms with Gasteiger partial charge in [-0.05, 0) is 24.3 Å². The summed E-state index contributed by atoms with van der Waals surface area (Å²) >= 11 is 0. The van der Waals surface area contributed by atoms with E-state index in [1.165, 1.54) is 6.20 Å². The first-order valence-electron chi connectivity index (χ1n) is 5.74. The first kappa shape index (κ1) is 14.0. The standard InChI is InChI=1S/C13H13N3O3S/c1-20(18,19)16-12-7-3-2-6-11(12)15-13(17)10-5-4-8-14-9-10/h2-9,16H,1H3,(H,15,17). The number of sulfonamides is 1. The van der Waals surface area contributed by atoms with E-state index in [2.05, 4.69) is 15.0 Å². The van der Waals surface area contributed by atoms with Crippen LogP contribution in [0.4, 0.5) is 11.4 Å². The predicted molar refractivity (Wildman–Crippen MR) is 77.1 cm³/mol. The number of anilines is 2. The molecule has 0 fully saturated rings. The van der Waals surface area contributed by atoms with Crippen LogP contribution < -0.4 is 10.0 Å². The van der Waals surface area contributed by atoms with Crippen LogP contribution in [0.3, 0.4) is 0 Å². The van der Waals surface area contributed by atoms with Crippen LogP contribution in [0.25, 0.3) is 0 Å². The molecule has 1 amide bonds. The van der Waals surface area contributed by atoms with Gasteiger partial charge in [0.1, 0.15) is 0 Å². The zero-order valence-corrected chi connectivity index (χ0v) is 11.5. The highest BCUT2D eigenvalue weighted by Gasteiger charge is 2.11. The first-order valence-corrected chi connectivity index (χ1v) is 7.63. The number of rotatable bonds is 4.